The molecule has 126 valence electrons. The lowest BCUT2D eigenvalue weighted by Gasteiger charge is -2.28. The summed E-state index contributed by atoms with van der Waals surface area (Å²) in [5.41, 5.74) is 3.77. The van der Waals surface area contributed by atoms with E-state index in [1.807, 2.05) is 51.2 Å². The van der Waals surface area contributed by atoms with Crippen molar-refractivity contribution in [2.75, 3.05) is 0 Å². The van der Waals surface area contributed by atoms with Gasteiger partial charge in [0.05, 0.1) is 6.42 Å². The standard InChI is InChI=1S/C20H24N2O2/c1-14(7-6-8-15(2)11-12-23)9-10-17-16(3)19(24)18(22-21)13-20(17,4)5/h6-12H,13H2,1-5H3/p+1/b8-6-,10-9+,14-7+,15-11+. The molecule has 0 unspecified atom stereocenters. The number of aliphatic hydroxyl groups excluding tert-OH is 1. The highest BCUT2D eigenvalue weighted by Gasteiger charge is 2.38. The van der Waals surface area contributed by atoms with Gasteiger partial charge in [0, 0.05) is 11.0 Å². The van der Waals surface area contributed by atoms with Gasteiger partial charge >= 0.3 is 5.70 Å². The van der Waals surface area contributed by atoms with E-state index in [0.717, 1.165) is 28.6 Å². The molecule has 4 heteroatoms. The molecule has 0 aliphatic heterocycles. The van der Waals surface area contributed by atoms with E-state index in [4.69, 9.17) is 5.39 Å². The van der Waals surface area contributed by atoms with Gasteiger partial charge in [0.1, 0.15) is 6.29 Å². The van der Waals surface area contributed by atoms with E-state index < -0.39 is 0 Å². The van der Waals surface area contributed by atoms with Gasteiger partial charge in [-0.05, 0) is 38.0 Å². The highest BCUT2D eigenvalue weighted by atomic mass is 16.3. The van der Waals surface area contributed by atoms with Crippen LogP contribution in [0.4, 0.5) is 0 Å². The van der Waals surface area contributed by atoms with Crippen molar-refractivity contribution in [3.8, 4) is 0 Å². The number of aldehydes is 1. The molecule has 1 N–H and O–H groups in total. The molecule has 1 rings (SSSR count). The summed E-state index contributed by atoms with van der Waals surface area (Å²) in [5, 5.41) is 19.2. The Hall–Kier alpha value is -2.67. The Morgan fingerprint density at radius 3 is 2.42 bits per heavy atom. The zero-order valence-corrected chi connectivity index (χ0v) is 15.0. The first-order chi connectivity index (χ1) is 11.2. The summed E-state index contributed by atoms with van der Waals surface area (Å²) in [6.45, 7) is 9.78. The van der Waals surface area contributed by atoms with E-state index in [1.54, 1.807) is 0 Å². The van der Waals surface area contributed by atoms with Crippen LogP contribution in [0.5, 0.6) is 0 Å². The highest BCUT2D eigenvalue weighted by molar-refractivity contribution is 5.67. The normalized spacial score (nSPS) is 19.3. The lowest BCUT2D eigenvalue weighted by molar-refractivity contribution is -0.104. The summed E-state index contributed by atoms with van der Waals surface area (Å²) in [6.07, 6.45) is 12.4. The second-order valence-electron chi connectivity index (χ2n) is 6.64. The van der Waals surface area contributed by atoms with Gasteiger partial charge < -0.3 is 5.11 Å². The lowest BCUT2D eigenvalue weighted by Crippen LogP contribution is -2.21. The Morgan fingerprint density at radius 2 is 1.83 bits per heavy atom. The number of nitrogens with zero attached hydrogens (tertiary/aromatic N) is 2. The average molecular weight is 325 g/mol. The molecule has 0 aromatic rings. The van der Waals surface area contributed by atoms with E-state index in [2.05, 4.69) is 18.8 Å². The first-order valence-electron chi connectivity index (χ1n) is 7.87. The number of rotatable bonds is 5. The zero-order valence-electron chi connectivity index (χ0n) is 15.0. The van der Waals surface area contributed by atoms with Crippen molar-refractivity contribution >= 4 is 6.29 Å². The average Bonchev–Trinajstić information content (AvgIpc) is 2.50. The van der Waals surface area contributed by atoms with Crippen LogP contribution in [0.3, 0.4) is 0 Å². The number of hydrogen-bond acceptors (Lipinski definition) is 3. The summed E-state index contributed by atoms with van der Waals surface area (Å²) in [6, 6.07) is 0. The summed E-state index contributed by atoms with van der Waals surface area (Å²) in [5.74, 6) is 0.0487. The van der Waals surface area contributed by atoms with Crippen molar-refractivity contribution in [1.29, 1.82) is 5.39 Å². The summed E-state index contributed by atoms with van der Waals surface area (Å²) in [4.78, 5) is 13.6. The van der Waals surface area contributed by atoms with Crippen LogP contribution in [-0.2, 0) is 4.79 Å². The molecule has 0 aromatic heterocycles. The van der Waals surface area contributed by atoms with Crippen LogP contribution < -0.4 is 0 Å². The molecule has 1 aliphatic carbocycles. The number of aliphatic hydroxyl groups is 1. The molecule has 0 spiro atoms. The fraction of sp³-hybridized carbons (Fsp3) is 0.350. The molecular weight excluding hydrogens is 300 g/mol. The van der Waals surface area contributed by atoms with Crippen LogP contribution in [0.2, 0.25) is 0 Å². The molecule has 0 heterocycles. The maximum atomic E-state index is 10.4. The smallest absolute Gasteiger partial charge is 0.403 e. The van der Waals surface area contributed by atoms with Crippen LogP contribution in [-0.4, -0.2) is 11.4 Å². The Kier molecular flexibility index (Phi) is 6.67. The van der Waals surface area contributed by atoms with Crippen molar-refractivity contribution in [2.45, 2.75) is 41.0 Å². The third kappa shape index (κ3) is 4.92. The van der Waals surface area contributed by atoms with Gasteiger partial charge in [-0.3, -0.25) is 4.79 Å². The summed E-state index contributed by atoms with van der Waals surface area (Å²) >= 11 is 0. The minimum absolute atomic E-state index is 0.0487. The maximum absolute atomic E-state index is 10.4. The molecule has 4 nitrogen and oxygen atoms in total. The van der Waals surface area contributed by atoms with Crippen LogP contribution in [0.25, 0.3) is 4.98 Å². The van der Waals surface area contributed by atoms with Gasteiger partial charge in [0.2, 0.25) is 11.2 Å². The second kappa shape index (κ2) is 8.26. The van der Waals surface area contributed by atoms with Crippen molar-refractivity contribution in [3.05, 3.63) is 75.2 Å². The van der Waals surface area contributed by atoms with Crippen LogP contribution in [0.1, 0.15) is 41.0 Å². The molecule has 0 saturated carbocycles. The molecule has 0 saturated heterocycles. The molecule has 0 amide bonds. The number of hydrogen-bond donors (Lipinski definition) is 1. The fourth-order valence-electron chi connectivity index (χ4n) is 2.67. The van der Waals surface area contributed by atoms with E-state index in [-0.39, 0.29) is 11.2 Å². The van der Waals surface area contributed by atoms with E-state index >= 15 is 0 Å². The molecular formula is C20H25N2O2+. The van der Waals surface area contributed by atoms with E-state index in [0.29, 0.717) is 12.1 Å². The quantitative estimate of drug-likeness (QED) is 0.311. The first kappa shape index (κ1) is 19.4. The maximum Gasteiger partial charge on any atom is 0.403 e. The minimum atomic E-state index is -0.228. The van der Waals surface area contributed by atoms with Gasteiger partial charge in [-0.2, -0.15) is 0 Å². The fourth-order valence-corrected chi connectivity index (χ4v) is 2.67. The number of carbonyl (C=O) groups excluding carboxylic acids is 1. The molecule has 0 fully saturated rings. The van der Waals surface area contributed by atoms with Crippen molar-refractivity contribution in [2.24, 2.45) is 5.41 Å². The van der Waals surface area contributed by atoms with Crippen molar-refractivity contribution < 1.29 is 9.90 Å². The Bertz CT molecular complexity index is 736. The molecule has 24 heavy (non-hydrogen) atoms. The summed E-state index contributed by atoms with van der Waals surface area (Å²) in [7, 11) is 0. The first-order valence-corrected chi connectivity index (χ1v) is 7.87. The highest BCUT2D eigenvalue weighted by Crippen LogP contribution is 2.43. The largest absolute Gasteiger partial charge is 0.501 e. The number of allylic oxidation sites excluding steroid dienone is 11. The van der Waals surface area contributed by atoms with Gasteiger partial charge in [0.25, 0.3) is 0 Å². The van der Waals surface area contributed by atoms with Gasteiger partial charge in [0.15, 0.2) is 4.98 Å². The SMILES string of the molecule is CC1=C(/C=C/C(C)=C/C=C\C(C)=C\C=O)C(C)(C)CC([N+]#N)=C1O. The monoisotopic (exact) mass is 325 g/mol. The van der Waals surface area contributed by atoms with E-state index in [1.165, 1.54) is 6.08 Å². The number of carbonyl (C=O) groups is 1. The Morgan fingerprint density at radius 1 is 1.21 bits per heavy atom. The van der Waals surface area contributed by atoms with Gasteiger partial charge in [-0.15, -0.1) is 0 Å². The predicted molar refractivity (Wildman–Crippen MR) is 97.7 cm³/mol. The van der Waals surface area contributed by atoms with Gasteiger partial charge in [-0.25, -0.2) is 0 Å². The van der Waals surface area contributed by atoms with Gasteiger partial charge in [-0.1, -0.05) is 49.8 Å². The van der Waals surface area contributed by atoms with E-state index in [9.17, 15) is 9.90 Å². The van der Waals surface area contributed by atoms with Crippen LogP contribution in [0.15, 0.2) is 70.2 Å². The number of diazo groups is 1. The predicted octanol–water partition coefficient (Wildman–Crippen LogP) is 5.56. The molecule has 0 bridgehead atoms. The minimum Gasteiger partial charge on any atom is -0.501 e. The van der Waals surface area contributed by atoms with Crippen LogP contribution in [0, 0.1) is 10.8 Å². The third-order valence-corrected chi connectivity index (χ3v) is 4.05. The van der Waals surface area contributed by atoms with Crippen molar-refractivity contribution in [1.82, 2.24) is 0 Å². The lowest BCUT2D eigenvalue weighted by atomic mass is 9.73. The summed E-state index contributed by atoms with van der Waals surface area (Å²) < 4.78 is 0. The molecule has 0 aromatic carbocycles. The second-order valence-corrected chi connectivity index (χ2v) is 6.64. The Balaban J connectivity index is 3.06. The van der Waals surface area contributed by atoms with Crippen molar-refractivity contribution in [3.63, 3.8) is 0 Å². The molecule has 0 radical (unpaired) electrons. The Labute approximate surface area is 143 Å². The topological polar surface area (TPSA) is 65.5 Å². The molecule has 1 aliphatic rings. The third-order valence-electron chi connectivity index (χ3n) is 4.05. The zero-order chi connectivity index (χ0) is 18.3. The molecule has 0 atom stereocenters. The van der Waals surface area contributed by atoms with Crippen LogP contribution >= 0.6 is 0 Å².